The molecule has 0 bridgehead atoms. The minimum Gasteiger partial charge on any atom is -0.465 e. The molecule has 1 saturated heterocycles. The van der Waals surface area contributed by atoms with Crippen LogP contribution in [0.4, 0.5) is 13.2 Å². The first kappa shape index (κ1) is 11.8. The standard InChI is InChI=1S/C8H10F3NO3/c1-5(13)15-4-6-2-12(3-6)7(14)8(9,10)11/h6H,2-4H2,1H3. The van der Waals surface area contributed by atoms with Gasteiger partial charge in [0.1, 0.15) is 0 Å². The molecule has 0 aliphatic carbocycles. The molecular weight excluding hydrogens is 215 g/mol. The van der Waals surface area contributed by atoms with E-state index < -0.39 is 18.1 Å². The summed E-state index contributed by atoms with van der Waals surface area (Å²) in [6.45, 7) is 1.27. The molecule has 0 unspecified atom stereocenters. The van der Waals surface area contributed by atoms with Gasteiger partial charge in [-0.3, -0.25) is 9.59 Å². The van der Waals surface area contributed by atoms with Gasteiger partial charge in [0.05, 0.1) is 6.61 Å². The van der Waals surface area contributed by atoms with Crippen LogP contribution in [0.1, 0.15) is 6.92 Å². The molecule has 1 fully saturated rings. The summed E-state index contributed by atoms with van der Waals surface area (Å²) in [6, 6.07) is 0. The van der Waals surface area contributed by atoms with Gasteiger partial charge in [0, 0.05) is 25.9 Å². The fourth-order valence-electron chi connectivity index (χ4n) is 1.26. The molecular formula is C8H10F3NO3. The molecule has 0 spiro atoms. The van der Waals surface area contributed by atoms with Gasteiger partial charge in [-0.05, 0) is 0 Å². The van der Waals surface area contributed by atoms with Crippen LogP contribution in [-0.4, -0.2) is 42.6 Å². The number of carbonyl (C=O) groups excluding carboxylic acids is 2. The molecule has 15 heavy (non-hydrogen) atoms. The molecule has 7 heteroatoms. The molecule has 0 N–H and O–H groups in total. The Hall–Kier alpha value is -1.27. The van der Waals surface area contributed by atoms with Gasteiger partial charge in [-0.1, -0.05) is 0 Å². The summed E-state index contributed by atoms with van der Waals surface area (Å²) in [4.78, 5) is 21.7. The number of esters is 1. The van der Waals surface area contributed by atoms with Crippen molar-refractivity contribution < 1.29 is 27.5 Å². The van der Waals surface area contributed by atoms with Crippen molar-refractivity contribution in [3.63, 3.8) is 0 Å². The van der Waals surface area contributed by atoms with Crippen molar-refractivity contribution in [2.75, 3.05) is 19.7 Å². The number of rotatable bonds is 2. The second kappa shape index (κ2) is 4.08. The van der Waals surface area contributed by atoms with E-state index in [1.807, 2.05) is 0 Å². The molecule has 1 aliphatic heterocycles. The van der Waals surface area contributed by atoms with E-state index in [2.05, 4.69) is 4.74 Å². The monoisotopic (exact) mass is 225 g/mol. The third-order valence-corrected chi connectivity index (χ3v) is 2.01. The van der Waals surface area contributed by atoms with Gasteiger partial charge in [-0.25, -0.2) is 0 Å². The van der Waals surface area contributed by atoms with E-state index >= 15 is 0 Å². The van der Waals surface area contributed by atoms with Crippen molar-refractivity contribution in [1.82, 2.24) is 4.90 Å². The summed E-state index contributed by atoms with van der Waals surface area (Å²) in [5, 5.41) is 0. The molecule has 0 radical (unpaired) electrons. The molecule has 0 atom stereocenters. The van der Waals surface area contributed by atoms with Crippen molar-refractivity contribution in [1.29, 1.82) is 0 Å². The van der Waals surface area contributed by atoms with Gasteiger partial charge < -0.3 is 9.64 Å². The fourth-order valence-corrected chi connectivity index (χ4v) is 1.26. The van der Waals surface area contributed by atoms with E-state index in [4.69, 9.17) is 0 Å². The predicted molar refractivity (Wildman–Crippen MR) is 42.8 cm³/mol. The molecule has 1 heterocycles. The molecule has 0 saturated carbocycles. The topological polar surface area (TPSA) is 46.6 Å². The average Bonchev–Trinajstić information content (AvgIpc) is 1.98. The summed E-state index contributed by atoms with van der Waals surface area (Å²) in [7, 11) is 0. The van der Waals surface area contributed by atoms with E-state index in [0.717, 1.165) is 0 Å². The minimum atomic E-state index is -4.81. The first-order chi connectivity index (χ1) is 6.80. The van der Waals surface area contributed by atoms with Crippen LogP contribution in [0.15, 0.2) is 0 Å². The summed E-state index contributed by atoms with van der Waals surface area (Å²) in [6.07, 6.45) is -4.81. The molecule has 0 aromatic rings. The zero-order chi connectivity index (χ0) is 11.6. The highest BCUT2D eigenvalue weighted by Gasteiger charge is 2.46. The molecule has 0 aromatic carbocycles. The maximum Gasteiger partial charge on any atom is 0.471 e. The highest BCUT2D eigenvalue weighted by atomic mass is 19.4. The summed E-state index contributed by atoms with van der Waals surface area (Å²) in [5.41, 5.74) is 0. The molecule has 4 nitrogen and oxygen atoms in total. The lowest BCUT2D eigenvalue weighted by molar-refractivity contribution is -0.192. The zero-order valence-corrected chi connectivity index (χ0v) is 8.00. The molecule has 1 rings (SSSR count). The Morgan fingerprint density at radius 3 is 2.33 bits per heavy atom. The summed E-state index contributed by atoms with van der Waals surface area (Å²) >= 11 is 0. The van der Waals surface area contributed by atoms with Gasteiger partial charge in [-0.2, -0.15) is 13.2 Å². The number of hydrogen-bond donors (Lipinski definition) is 0. The van der Waals surface area contributed by atoms with E-state index in [0.29, 0.717) is 4.90 Å². The highest BCUT2D eigenvalue weighted by Crippen LogP contribution is 2.24. The first-order valence-corrected chi connectivity index (χ1v) is 4.30. The zero-order valence-electron chi connectivity index (χ0n) is 8.00. The molecule has 0 aromatic heterocycles. The Labute approximate surface area is 84.0 Å². The molecule has 1 amide bonds. The van der Waals surface area contributed by atoms with Gasteiger partial charge >= 0.3 is 18.1 Å². The van der Waals surface area contributed by atoms with Gasteiger partial charge in [0.2, 0.25) is 0 Å². The number of hydrogen-bond acceptors (Lipinski definition) is 3. The summed E-state index contributed by atoms with van der Waals surface area (Å²) in [5.74, 6) is -2.49. The lowest BCUT2D eigenvalue weighted by Crippen LogP contribution is -2.55. The van der Waals surface area contributed by atoms with Crippen molar-refractivity contribution in [2.45, 2.75) is 13.1 Å². The van der Waals surface area contributed by atoms with Gasteiger partial charge in [0.25, 0.3) is 0 Å². The predicted octanol–water partition coefficient (Wildman–Crippen LogP) is 0.570. The second-order valence-corrected chi connectivity index (χ2v) is 3.38. The van der Waals surface area contributed by atoms with E-state index in [9.17, 15) is 22.8 Å². The lowest BCUT2D eigenvalue weighted by Gasteiger charge is -2.38. The molecule has 1 aliphatic rings. The van der Waals surface area contributed by atoms with Crippen LogP contribution >= 0.6 is 0 Å². The normalized spacial score (nSPS) is 17.2. The average molecular weight is 225 g/mol. The van der Waals surface area contributed by atoms with Crippen LogP contribution < -0.4 is 0 Å². The number of halogens is 3. The SMILES string of the molecule is CC(=O)OCC1CN(C(=O)C(F)(F)F)C1. The quantitative estimate of drug-likeness (QED) is 0.645. The first-order valence-electron chi connectivity index (χ1n) is 4.30. The van der Waals surface area contributed by atoms with Gasteiger partial charge in [0.15, 0.2) is 0 Å². The number of amides is 1. The Balaban J connectivity index is 2.26. The smallest absolute Gasteiger partial charge is 0.465 e. The van der Waals surface area contributed by atoms with Crippen LogP contribution in [0.3, 0.4) is 0 Å². The maximum atomic E-state index is 11.9. The van der Waals surface area contributed by atoms with E-state index in [1.165, 1.54) is 6.92 Å². The van der Waals surface area contributed by atoms with E-state index in [-0.39, 0.29) is 25.6 Å². The van der Waals surface area contributed by atoms with Crippen LogP contribution in [0, 0.1) is 5.92 Å². The van der Waals surface area contributed by atoms with Crippen LogP contribution in [0.25, 0.3) is 0 Å². The maximum absolute atomic E-state index is 11.9. The van der Waals surface area contributed by atoms with Crippen LogP contribution in [0.5, 0.6) is 0 Å². The largest absolute Gasteiger partial charge is 0.471 e. The van der Waals surface area contributed by atoms with Crippen molar-refractivity contribution in [3.8, 4) is 0 Å². The number of nitrogens with zero attached hydrogens (tertiary/aromatic N) is 1. The Morgan fingerprint density at radius 1 is 1.40 bits per heavy atom. The van der Waals surface area contributed by atoms with E-state index in [1.54, 1.807) is 0 Å². The van der Waals surface area contributed by atoms with Crippen LogP contribution in [0.2, 0.25) is 0 Å². The Kier molecular flexibility index (Phi) is 3.21. The molecule has 86 valence electrons. The highest BCUT2D eigenvalue weighted by molar-refractivity contribution is 5.82. The Morgan fingerprint density at radius 2 is 1.93 bits per heavy atom. The van der Waals surface area contributed by atoms with Gasteiger partial charge in [-0.15, -0.1) is 0 Å². The third kappa shape index (κ3) is 3.10. The van der Waals surface area contributed by atoms with Crippen molar-refractivity contribution >= 4 is 11.9 Å². The number of likely N-dealkylation sites (tertiary alicyclic amines) is 1. The number of ether oxygens (including phenoxy) is 1. The van der Waals surface area contributed by atoms with Crippen molar-refractivity contribution in [2.24, 2.45) is 5.92 Å². The Bertz CT molecular complexity index is 271. The third-order valence-electron chi connectivity index (χ3n) is 2.01. The second-order valence-electron chi connectivity index (χ2n) is 3.38. The number of carbonyl (C=O) groups is 2. The van der Waals surface area contributed by atoms with Crippen molar-refractivity contribution in [3.05, 3.63) is 0 Å². The fraction of sp³-hybridized carbons (Fsp3) is 0.750. The minimum absolute atomic E-state index is 0.00831. The number of alkyl halides is 3. The lowest BCUT2D eigenvalue weighted by atomic mass is 10.0. The van der Waals surface area contributed by atoms with Crippen LogP contribution in [-0.2, 0) is 14.3 Å². The summed E-state index contributed by atoms with van der Waals surface area (Å²) < 4.78 is 40.3.